The lowest BCUT2D eigenvalue weighted by molar-refractivity contribution is -0.609. The number of hydrogen-bond acceptors (Lipinski definition) is 3. The van der Waals surface area contributed by atoms with Crippen LogP contribution in [-0.2, 0) is 6.54 Å². The van der Waals surface area contributed by atoms with Gasteiger partial charge in [-0.2, -0.15) is 0 Å². The van der Waals surface area contributed by atoms with Gasteiger partial charge < -0.3 is 10.5 Å². The lowest BCUT2D eigenvalue weighted by Crippen LogP contribution is -2.28. The number of halogens is 2. The van der Waals surface area contributed by atoms with Crippen molar-refractivity contribution in [3.05, 3.63) is 86.9 Å². The first-order valence-electron chi connectivity index (χ1n) is 7.49. The van der Waals surface area contributed by atoms with Gasteiger partial charge in [0.1, 0.15) is 6.20 Å². The van der Waals surface area contributed by atoms with Crippen LogP contribution >= 0.6 is 23.2 Å². The molecular weight excluding hydrogens is 345 g/mol. The molecule has 0 bridgehead atoms. The van der Waals surface area contributed by atoms with Crippen molar-refractivity contribution in [2.75, 3.05) is 0 Å². The van der Waals surface area contributed by atoms with E-state index in [1.165, 1.54) is 6.33 Å². The minimum Gasteiger partial charge on any atom is -0.711 e. The Kier molecular flexibility index (Phi) is 3.88. The average molecular weight is 358 g/mol. The number of nitrogens with zero attached hydrogens (tertiary/aromatic N) is 2. The third-order valence-corrected chi connectivity index (χ3v) is 4.76. The maximum absolute atomic E-state index is 11.6. The maximum Gasteiger partial charge on any atom is 0.289 e. The van der Waals surface area contributed by atoms with Crippen LogP contribution in [-0.4, -0.2) is 4.98 Å². The van der Waals surface area contributed by atoms with Crippen molar-refractivity contribution in [2.24, 2.45) is 0 Å². The lowest BCUT2D eigenvalue weighted by atomic mass is 9.93. The molecule has 0 spiro atoms. The average Bonchev–Trinajstić information content (AvgIpc) is 2.72. The fourth-order valence-electron chi connectivity index (χ4n) is 3.11. The number of fused-ring (bicyclic) bond motifs is 3. The molecular formula is C18H13Cl2N3O. The van der Waals surface area contributed by atoms with Crippen LogP contribution in [0.15, 0.2) is 55.0 Å². The zero-order valence-electron chi connectivity index (χ0n) is 12.5. The van der Waals surface area contributed by atoms with Gasteiger partial charge in [-0.3, -0.25) is 0 Å². The Hall–Kier alpha value is -2.14. The van der Waals surface area contributed by atoms with Crippen molar-refractivity contribution in [3.63, 3.8) is 0 Å². The number of aromatic nitrogens is 2. The highest BCUT2D eigenvalue weighted by atomic mass is 35.5. The zero-order valence-corrected chi connectivity index (χ0v) is 14.1. The molecule has 1 aliphatic heterocycles. The molecule has 0 radical (unpaired) electrons. The van der Waals surface area contributed by atoms with Gasteiger partial charge in [0.25, 0.3) is 6.33 Å². The standard InChI is InChI=1S/C18H13Cl2N3O/c19-12-5-6-13-15(7-12)18(14-3-1-2-4-16(14)20)21-8-11-9-23(24)10-22-17(11)13/h1-7,9-10,18,21H,8H2. The summed E-state index contributed by atoms with van der Waals surface area (Å²) in [6.07, 6.45) is 2.82. The van der Waals surface area contributed by atoms with Crippen molar-refractivity contribution in [3.8, 4) is 11.3 Å². The van der Waals surface area contributed by atoms with Crippen LogP contribution in [0.2, 0.25) is 10.0 Å². The highest BCUT2D eigenvalue weighted by Crippen LogP contribution is 2.38. The monoisotopic (exact) mass is 357 g/mol. The van der Waals surface area contributed by atoms with Gasteiger partial charge in [-0.15, -0.1) is 0 Å². The molecule has 4 rings (SSSR count). The third kappa shape index (κ3) is 2.63. The molecule has 4 nitrogen and oxygen atoms in total. The minimum atomic E-state index is -0.137. The van der Waals surface area contributed by atoms with Gasteiger partial charge in [-0.25, -0.2) is 4.73 Å². The molecule has 1 unspecified atom stereocenters. The summed E-state index contributed by atoms with van der Waals surface area (Å²) in [6, 6.07) is 13.3. The van der Waals surface area contributed by atoms with Crippen LogP contribution < -0.4 is 10.0 Å². The van der Waals surface area contributed by atoms with Crippen LogP contribution in [0.4, 0.5) is 0 Å². The fraction of sp³-hybridized carbons (Fsp3) is 0.111. The highest BCUT2D eigenvalue weighted by molar-refractivity contribution is 6.31. The number of benzene rings is 2. The van der Waals surface area contributed by atoms with E-state index < -0.39 is 0 Å². The Labute approximate surface area is 149 Å². The first-order chi connectivity index (χ1) is 11.6. The van der Waals surface area contributed by atoms with Crippen LogP contribution in [0.3, 0.4) is 0 Å². The second-order valence-corrected chi connectivity index (χ2v) is 6.52. The van der Waals surface area contributed by atoms with E-state index in [-0.39, 0.29) is 6.04 Å². The highest BCUT2D eigenvalue weighted by Gasteiger charge is 2.28. The third-order valence-electron chi connectivity index (χ3n) is 4.18. The van der Waals surface area contributed by atoms with Gasteiger partial charge in [-0.05, 0) is 40.4 Å². The van der Waals surface area contributed by atoms with E-state index in [0.717, 1.165) is 27.9 Å². The summed E-state index contributed by atoms with van der Waals surface area (Å²) in [6.45, 7) is 0.508. The van der Waals surface area contributed by atoms with E-state index in [2.05, 4.69) is 10.3 Å². The van der Waals surface area contributed by atoms with Gasteiger partial charge >= 0.3 is 0 Å². The molecule has 0 aliphatic carbocycles. The first-order valence-corrected chi connectivity index (χ1v) is 8.24. The Morgan fingerprint density at radius 2 is 1.96 bits per heavy atom. The van der Waals surface area contributed by atoms with Crippen LogP contribution in [0.1, 0.15) is 22.7 Å². The molecule has 0 fully saturated rings. The maximum atomic E-state index is 11.6. The smallest absolute Gasteiger partial charge is 0.289 e. The van der Waals surface area contributed by atoms with Gasteiger partial charge in [0.2, 0.25) is 0 Å². The minimum absolute atomic E-state index is 0.137. The molecule has 1 atom stereocenters. The lowest BCUT2D eigenvalue weighted by Gasteiger charge is -2.20. The van der Waals surface area contributed by atoms with Gasteiger partial charge in [0, 0.05) is 22.2 Å². The summed E-state index contributed by atoms with van der Waals surface area (Å²) in [4.78, 5) is 4.33. The Balaban J connectivity index is 1.95. The van der Waals surface area contributed by atoms with Crippen LogP contribution in [0.25, 0.3) is 11.3 Å². The summed E-state index contributed by atoms with van der Waals surface area (Å²) < 4.78 is 0.714. The Bertz CT molecular complexity index is 930. The van der Waals surface area contributed by atoms with Gasteiger partial charge in [-0.1, -0.05) is 41.4 Å². The number of rotatable bonds is 1. The van der Waals surface area contributed by atoms with E-state index in [4.69, 9.17) is 23.2 Å². The zero-order chi connectivity index (χ0) is 16.7. The Morgan fingerprint density at radius 1 is 1.12 bits per heavy atom. The molecule has 3 aromatic rings. The topological polar surface area (TPSA) is 51.9 Å². The molecule has 0 amide bonds. The summed E-state index contributed by atoms with van der Waals surface area (Å²) in [5, 5.41) is 16.4. The van der Waals surface area contributed by atoms with E-state index in [1.807, 2.05) is 42.5 Å². The van der Waals surface area contributed by atoms with E-state index in [9.17, 15) is 5.21 Å². The van der Waals surface area contributed by atoms with E-state index in [0.29, 0.717) is 21.3 Å². The second kappa shape index (κ2) is 6.06. The second-order valence-electron chi connectivity index (χ2n) is 5.67. The van der Waals surface area contributed by atoms with Crippen molar-refractivity contribution in [2.45, 2.75) is 12.6 Å². The van der Waals surface area contributed by atoms with Crippen molar-refractivity contribution in [1.82, 2.24) is 10.3 Å². The normalized spacial score (nSPS) is 16.2. The SMILES string of the molecule is [O-][n+]1cnc2c(c1)CNC(c1ccccc1Cl)c1cc(Cl)ccc1-2. The summed E-state index contributed by atoms with van der Waals surface area (Å²) in [5.41, 5.74) is 4.53. The number of hydrogen-bond donors (Lipinski definition) is 1. The van der Waals surface area contributed by atoms with E-state index >= 15 is 0 Å². The Morgan fingerprint density at radius 3 is 2.79 bits per heavy atom. The summed E-state index contributed by atoms with van der Waals surface area (Å²) >= 11 is 12.7. The molecule has 1 aliphatic rings. The fourth-order valence-corrected chi connectivity index (χ4v) is 3.54. The van der Waals surface area contributed by atoms with Gasteiger partial charge in [0.15, 0.2) is 5.69 Å². The molecule has 1 N–H and O–H groups in total. The number of nitrogens with one attached hydrogen (secondary N) is 1. The molecule has 2 heterocycles. The van der Waals surface area contributed by atoms with Crippen LogP contribution in [0.5, 0.6) is 0 Å². The summed E-state index contributed by atoms with van der Waals surface area (Å²) in [5.74, 6) is 0. The van der Waals surface area contributed by atoms with Crippen molar-refractivity contribution >= 4 is 23.2 Å². The summed E-state index contributed by atoms with van der Waals surface area (Å²) in [7, 11) is 0. The molecule has 0 saturated heterocycles. The quantitative estimate of drug-likeness (QED) is 0.531. The first kappa shape index (κ1) is 15.4. The van der Waals surface area contributed by atoms with E-state index in [1.54, 1.807) is 6.20 Å². The molecule has 0 saturated carbocycles. The van der Waals surface area contributed by atoms with Gasteiger partial charge in [0.05, 0.1) is 11.6 Å². The predicted octanol–water partition coefficient (Wildman–Crippen LogP) is 3.88. The molecule has 24 heavy (non-hydrogen) atoms. The largest absolute Gasteiger partial charge is 0.711 e. The molecule has 120 valence electrons. The predicted molar refractivity (Wildman–Crippen MR) is 93.8 cm³/mol. The molecule has 6 heteroatoms. The van der Waals surface area contributed by atoms with Crippen LogP contribution in [0, 0.1) is 5.21 Å². The molecule has 2 aromatic carbocycles. The molecule has 1 aromatic heterocycles. The van der Waals surface area contributed by atoms with Crippen molar-refractivity contribution in [1.29, 1.82) is 0 Å². The van der Waals surface area contributed by atoms with Crippen molar-refractivity contribution < 1.29 is 4.73 Å².